The van der Waals surface area contributed by atoms with Gasteiger partial charge in [-0.15, -0.1) is 24.0 Å². The fourth-order valence-electron chi connectivity index (χ4n) is 2.56. The van der Waals surface area contributed by atoms with Gasteiger partial charge in [-0.3, -0.25) is 14.7 Å². The molecule has 8 heteroatoms. The number of nitrogens with zero attached hydrogens (tertiary/aromatic N) is 2. The number of aliphatic imine (C=N–C) groups is 1. The maximum absolute atomic E-state index is 11.6. The van der Waals surface area contributed by atoms with E-state index in [0.717, 1.165) is 58.2 Å². The molecule has 1 saturated heterocycles. The van der Waals surface area contributed by atoms with Crippen molar-refractivity contribution >= 4 is 35.8 Å². The van der Waals surface area contributed by atoms with Gasteiger partial charge in [-0.2, -0.15) is 0 Å². The molecule has 1 heterocycles. The van der Waals surface area contributed by atoms with Crippen molar-refractivity contribution in [1.29, 1.82) is 0 Å². The van der Waals surface area contributed by atoms with E-state index in [2.05, 4.69) is 39.7 Å². The molecule has 1 amide bonds. The average Bonchev–Trinajstić information content (AvgIpc) is 3.41. The number of halogens is 1. The molecule has 0 aromatic carbocycles. The lowest BCUT2D eigenvalue weighted by Gasteiger charge is -2.31. The van der Waals surface area contributed by atoms with Crippen molar-refractivity contribution in [2.75, 3.05) is 52.5 Å². The lowest BCUT2D eigenvalue weighted by atomic mass is 10.2. The third-order valence-corrected chi connectivity index (χ3v) is 4.19. The zero-order chi connectivity index (χ0) is 16.5. The highest BCUT2D eigenvalue weighted by molar-refractivity contribution is 14.0. The van der Waals surface area contributed by atoms with Gasteiger partial charge in [-0.05, 0) is 26.7 Å². The molecule has 0 spiro atoms. The van der Waals surface area contributed by atoms with Crippen LogP contribution in [0.2, 0.25) is 0 Å². The van der Waals surface area contributed by atoms with Crippen molar-refractivity contribution in [3.63, 3.8) is 0 Å². The van der Waals surface area contributed by atoms with Crippen LogP contribution in [-0.2, 0) is 9.53 Å². The Labute approximate surface area is 162 Å². The number of morpholine rings is 1. The lowest BCUT2D eigenvalue weighted by molar-refractivity contribution is -0.122. The molecule has 0 bridgehead atoms. The van der Waals surface area contributed by atoms with E-state index in [1.54, 1.807) is 0 Å². The van der Waals surface area contributed by atoms with Gasteiger partial charge in [0.05, 0.1) is 19.8 Å². The molecule has 1 saturated carbocycles. The van der Waals surface area contributed by atoms with Gasteiger partial charge in [-0.25, -0.2) is 0 Å². The van der Waals surface area contributed by atoms with E-state index >= 15 is 0 Å². The van der Waals surface area contributed by atoms with E-state index in [4.69, 9.17) is 4.74 Å². The summed E-state index contributed by atoms with van der Waals surface area (Å²) in [5.74, 6) is 1.27. The molecule has 1 unspecified atom stereocenters. The fourth-order valence-corrected chi connectivity index (χ4v) is 2.56. The normalized spacial score (nSPS) is 20.0. The maximum Gasteiger partial charge on any atom is 0.223 e. The van der Waals surface area contributed by atoms with Gasteiger partial charge in [0, 0.05) is 44.7 Å². The summed E-state index contributed by atoms with van der Waals surface area (Å²) in [7, 11) is 0. The van der Waals surface area contributed by atoms with Crippen molar-refractivity contribution in [3.8, 4) is 0 Å². The van der Waals surface area contributed by atoms with E-state index in [0.29, 0.717) is 19.1 Å². The van der Waals surface area contributed by atoms with Crippen LogP contribution >= 0.6 is 24.0 Å². The van der Waals surface area contributed by atoms with Crippen LogP contribution in [0.15, 0.2) is 4.99 Å². The SMILES string of the molecule is CCNC(=NCC(C)N1CCOCC1)NCCNC(=O)C1CC1.I. The van der Waals surface area contributed by atoms with E-state index in [1.165, 1.54) is 0 Å². The number of carbonyl (C=O) groups is 1. The minimum absolute atomic E-state index is 0. The first-order valence-electron chi connectivity index (χ1n) is 8.82. The molecule has 7 nitrogen and oxygen atoms in total. The van der Waals surface area contributed by atoms with Gasteiger partial charge < -0.3 is 20.7 Å². The van der Waals surface area contributed by atoms with E-state index < -0.39 is 0 Å². The summed E-state index contributed by atoms with van der Waals surface area (Å²) in [5, 5.41) is 9.47. The summed E-state index contributed by atoms with van der Waals surface area (Å²) in [6.45, 7) is 10.7. The standard InChI is InChI=1S/C16H31N5O2.HI/c1-3-17-16(19-7-6-18-15(22)14-4-5-14)20-12-13(2)21-8-10-23-11-9-21;/h13-14H,3-12H2,1-2H3,(H,18,22)(H2,17,19,20);1H. The highest BCUT2D eigenvalue weighted by Gasteiger charge is 2.28. The van der Waals surface area contributed by atoms with Crippen molar-refractivity contribution in [3.05, 3.63) is 0 Å². The fraction of sp³-hybridized carbons (Fsp3) is 0.875. The van der Waals surface area contributed by atoms with Crippen LogP contribution in [0.1, 0.15) is 26.7 Å². The average molecular weight is 453 g/mol. The molecular formula is C16H32IN5O2. The molecule has 0 aromatic rings. The number of carbonyl (C=O) groups excluding carboxylic acids is 1. The smallest absolute Gasteiger partial charge is 0.223 e. The first-order chi connectivity index (χ1) is 11.2. The number of hydrogen-bond acceptors (Lipinski definition) is 4. The lowest BCUT2D eigenvalue weighted by Crippen LogP contribution is -2.45. The van der Waals surface area contributed by atoms with E-state index in [9.17, 15) is 4.79 Å². The monoisotopic (exact) mass is 453 g/mol. The number of nitrogens with one attached hydrogen (secondary N) is 3. The number of guanidine groups is 1. The molecule has 1 aliphatic heterocycles. The first-order valence-corrected chi connectivity index (χ1v) is 8.82. The van der Waals surface area contributed by atoms with Crippen molar-refractivity contribution in [2.45, 2.75) is 32.7 Å². The predicted octanol–water partition coefficient (Wildman–Crippen LogP) is 0.406. The van der Waals surface area contributed by atoms with E-state index in [1.807, 2.05) is 0 Å². The minimum Gasteiger partial charge on any atom is -0.379 e. The zero-order valence-electron chi connectivity index (χ0n) is 14.8. The molecule has 0 radical (unpaired) electrons. The van der Waals surface area contributed by atoms with Crippen LogP contribution in [0.5, 0.6) is 0 Å². The summed E-state index contributed by atoms with van der Waals surface area (Å²) < 4.78 is 5.38. The molecule has 2 aliphatic rings. The van der Waals surface area contributed by atoms with Gasteiger partial charge >= 0.3 is 0 Å². The van der Waals surface area contributed by atoms with Crippen LogP contribution in [-0.4, -0.2) is 75.3 Å². The molecule has 2 fully saturated rings. The van der Waals surface area contributed by atoms with Gasteiger partial charge in [-0.1, -0.05) is 0 Å². The Bertz CT molecular complexity index is 398. The summed E-state index contributed by atoms with van der Waals surface area (Å²) in [6.07, 6.45) is 2.09. The van der Waals surface area contributed by atoms with Gasteiger partial charge in [0.15, 0.2) is 5.96 Å². The second-order valence-electron chi connectivity index (χ2n) is 6.21. The van der Waals surface area contributed by atoms with Gasteiger partial charge in [0.2, 0.25) is 5.91 Å². The molecule has 1 atom stereocenters. The van der Waals surface area contributed by atoms with Crippen LogP contribution in [0, 0.1) is 5.92 Å². The van der Waals surface area contributed by atoms with Crippen LogP contribution in [0.25, 0.3) is 0 Å². The molecule has 3 N–H and O–H groups in total. The largest absolute Gasteiger partial charge is 0.379 e. The Morgan fingerprint density at radius 3 is 2.50 bits per heavy atom. The number of ether oxygens (including phenoxy) is 1. The zero-order valence-corrected chi connectivity index (χ0v) is 17.2. The Morgan fingerprint density at radius 1 is 1.21 bits per heavy atom. The Morgan fingerprint density at radius 2 is 1.88 bits per heavy atom. The Hall–Kier alpha value is -0.610. The van der Waals surface area contributed by atoms with Crippen molar-refractivity contribution in [2.24, 2.45) is 10.9 Å². The quantitative estimate of drug-likeness (QED) is 0.215. The first kappa shape index (κ1) is 21.4. The Balaban J connectivity index is 0.00000288. The summed E-state index contributed by atoms with van der Waals surface area (Å²) >= 11 is 0. The van der Waals surface area contributed by atoms with Crippen molar-refractivity contribution in [1.82, 2.24) is 20.9 Å². The van der Waals surface area contributed by atoms with Crippen LogP contribution in [0.4, 0.5) is 0 Å². The second-order valence-corrected chi connectivity index (χ2v) is 6.21. The second kappa shape index (κ2) is 11.9. The topological polar surface area (TPSA) is 78.0 Å². The third kappa shape index (κ3) is 7.98. The number of hydrogen-bond donors (Lipinski definition) is 3. The van der Waals surface area contributed by atoms with Crippen molar-refractivity contribution < 1.29 is 9.53 Å². The minimum atomic E-state index is 0. The molecule has 24 heavy (non-hydrogen) atoms. The molecular weight excluding hydrogens is 421 g/mol. The highest BCUT2D eigenvalue weighted by Crippen LogP contribution is 2.28. The van der Waals surface area contributed by atoms with E-state index in [-0.39, 0.29) is 35.8 Å². The Kier molecular flexibility index (Phi) is 10.6. The summed E-state index contributed by atoms with van der Waals surface area (Å²) in [4.78, 5) is 18.6. The molecule has 1 aliphatic carbocycles. The predicted molar refractivity (Wildman–Crippen MR) is 107 cm³/mol. The maximum atomic E-state index is 11.6. The van der Waals surface area contributed by atoms with Gasteiger partial charge in [0.1, 0.15) is 0 Å². The van der Waals surface area contributed by atoms with Crippen LogP contribution < -0.4 is 16.0 Å². The number of rotatable bonds is 8. The number of amides is 1. The third-order valence-electron chi connectivity index (χ3n) is 4.19. The molecule has 0 aromatic heterocycles. The van der Waals surface area contributed by atoms with Gasteiger partial charge in [0.25, 0.3) is 0 Å². The summed E-state index contributed by atoms with van der Waals surface area (Å²) in [5.41, 5.74) is 0. The van der Waals surface area contributed by atoms with Crippen LogP contribution in [0.3, 0.4) is 0 Å². The molecule has 2 rings (SSSR count). The highest BCUT2D eigenvalue weighted by atomic mass is 127. The molecule has 140 valence electrons. The summed E-state index contributed by atoms with van der Waals surface area (Å²) in [6, 6.07) is 0.406.